The van der Waals surface area contributed by atoms with Gasteiger partial charge in [-0.3, -0.25) is 4.98 Å². The molecular weight excluding hydrogens is 390 g/mol. The molecule has 0 N–H and O–H groups in total. The molecule has 1 heterocycles. The Kier molecular flexibility index (Phi) is 5.75. The largest absolute Gasteiger partial charge is 0.416 e. The van der Waals surface area contributed by atoms with Crippen LogP contribution in [0, 0.1) is 5.82 Å². The lowest BCUT2D eigenvalue weighted by atomic mass is 9.75. The second kappa shape index (κ2) is 7.92. The van der Waals surface area contributed by atoms with Crippen molar-refractivity contribution in [3.63, 3.8) is 0 Å². The maximum absolute atomic E-state index is 13.9. The zero-order valence-electron chi connectivity index (χ0n) is 15.1. The lowest BCUT2D eigenvalue weighted by Gasteiger charge is -2.30. The van der Waals surface area contributed by atoms with Crippen LogP contribution in [0.5, 0.6) is 0 Å². The average molecular weight is 408 g/mol. The number of alkyl halides is 3. The standard InChI is InChI=1S/C22H18ClF4N/c1-21(12-15-5-3-2-4-6-15,20-8-7-18(23)14-28-20)13-16-9-17(22(25,26)27)11-19(24)10-16/h2-11,14H,12-13H2,1H3/t21-/m0/s1. The van der Waals surface area contributed by atoms with Gasteiger partial charge in [-0.1, -0.05) is 48.9 Å². The normalized spacial score (nSPS) is 13.9. The second-order valence-electron chi connectivity index (χ2n) is 7.11. The second-order valence-corrected chi connectivity index (χ2v) is 7.54. The molecule has 0 aliphatic heterocycles. The Morgan fingerprint density at radius 2 is 1.57 bits per heavy atom. The van der Waals surface area contributed by atoms with Crippen molar-refractivity contribution in [2.24, 2.45) is 0 Å². The highest BCUT2D eigenvalue weighted by Crippen LogP contribution is 2.35. The van der Waals surface area contributed by atoms with Crippen LogP contribution in [0.1, 0.15) is 29.3 Å². The molecule has 146 valence electrons. The number of pyridine rings is 1. The van der Waals surface area contributed by atoms with Gasteiger partial charge in [-0.15, -0.1) is 0 Å². The molecule has 0 unspecified atom stereocenters. The number of aromatic nitrogens is 1. The fraction of sp³-hybridized carbons (Fsp3) is 0.227. The highest BCUT2D eigenvalue weighted by atomic mass is 35.5. The van der Waals surface area contributed by atoms with Gasteiger partial charge in [0.25, 0.3) is 0 Å². The van der Waals surface area contributed by atoms with Crippen LogP contribution in [0.15, 0.2) is 66.9 Å². The first-order valence-electron chi connectivity index (χ1n) is 8.68. The third-order valence-electron chi connectivity index (χ3n) is 4.66. The lowest BCUT2D eigenvalue weighted by molar-refractivity contribution is -0.137. The minimum absolute atomic E-state index is 0.192. The molecule has 0 radical (unpaired) electrons. The molecule has 0 fully saturated rings. The van der Waals surface area contributed by atoms with Gasteiger partial charge in [0.2, 0.25) is 0 Å². The van der Waals surface area contributed by atoms with E-state index >= 15 is 0 Å². The molecule has 3 rings (SSSR count). The summed E-state index contributed by atoms with van der Waals surface area (Å²) in [4.78, 5) is 4.39. The molecule has 1 aromatic heterocycles. The predicted molar refractivity (Wildman–Crippen MR) is 102 cm³/mol. The maximum atomic E-state index is 13.9. The van der Waals surface area contributed by atoms with Crippen LogP contribution in [0.2, 0.25) is 5.02 Å². The lowest BCUT2D eigenvalue weighted by Crippen LogP contribution is -2.29. The van der Waals surface area contributed by atoms with Crippen LogP contribution in [0.3, 0.4) is 0 Å². The summed E-state index contributed by atoms with van der Waals surface area (Å²) >= 11 is 5.94. The van der Waals surface area contributed by atoms with Crippen LogP contribution < -0.4 is 0 Å². The van der Waals surface area contributed by atoms with Gasteiger partial charge in [0.05, 0.1) is 10.6 Å². The molecule has 0 saturated heterocycles. The molecule has 0 amide bonds. The van der Waals surface area contributed by atoms with Crippen molar-refractivity contribution in [1.82, 2.24) is 4.98 Å². The Balaban J connectivity index is 2.02. The molecule has 1 atom stereocenters. The maximum Gasteiger partial charge on any atom is 0.416 e. The topological polar surface area (TPSA) is 12.9 Å². The Morgan fingerprint density at radius 1 is 0.893 bits per heavy atom. The Hall–Kier alpha value is -2.40. The molecule has 0 aliphatic rings. The predicted octanol–water partition coefficient (Wildman–Crippen LogP) is 6.64. The van der Waals surface area contributed by atoms with Gasteiger partial charge in [-0.25, -0.2) is 4.39 Å². The zero-order valence-corrected chi connectivity index (χ0v) is 15.9. The number of benzene rings is 2. The molecule has 28 heavy (non-hydrogen) atoms. The van der Waals surface area contributed by atoms with Gasteiger partial charge in [0.1, 0.15) is 5.82 Å². The number of hydrogen-bond donors (Lipinski definition) is 0. The fourth-order valence-electron chi connectivity index (χ4n) is 3.39. The number of halogens is 5. The third kappa shape index (κ3) is 4.90. The number of rotatable bonds is 5. The summed E-state index contributed by atoms with van der Waals surface area (Å²) in [5, 5.41) is 0.468. The van der Waals surface area contributed by atoms with E-state index in [2.05, 4.69) is 4.98 Å². The van der Waals surface area contributed by atoms with E-state index in [9.17, 15) is 17.6 Å². The summed E-state index contributed by atoms with van der Waals surface area (Å²) in [6.45, 7) is 1.91. The van der Waals surface area contributed by atoms with Crippen molar-refractivity contribution in [1.29, 1.82) is 0 Å². The van der Waals surface area contributed by atoms with E-state index in [-0.39, 0.29) is 12.0 Å². The molecule has 0 spiro atoms. The van der Waals surface area contributed by atoms with Crippen molar-refractivity contribution >= 4 is 11.6 Å². The Labute approximate surface area is 166 Å². The van der Waals surface area contributed by atoms with Crippen molar-refractivity contribution in [2.75, 3.05) is 0 Å². The first-order chi connectivity index (χ1) is 13.2. The van der Waals surface area contributed by atoms with E-state index in [1.807, 2.05) is 37.3 Å². The minimum Gasteiger partial charge on any atom is -0.259 e. The van der Waals surface area contributed by atoms with E-state index in [1.165, 1.54) is 6.20 Å². The van der Waals surface area contributed by atoms with E-state index in [0.29, 0.717) is 23.2 Å². The summed E-state index contributed by atoms with van der Waals surface area (Å²) in [7, 11) is 0. The van der Waals surface area contributed by atoms with Crippen LogP contribution in [-0.2, 0) is 24.4 Å². The van der Waals surface area contributed by atoms with Gasteiger partial charge in [-0.2, -0.15) is 13.2 Å². The molecule has 3 aromatic rings. The monoisotopic (exact) mass is 407 g/mol. The fourth-order valence-corrected chi connectivity index (χ4v) is 3.50. The zero-order chi connectivity index (χ0) is 20.4. The minimum atomic E-state index is -4.61. The summed E-state index contributed by atoms with van der Waals surface area (Å²) in [5.41, 5.74) is 0.312. The van der Waals surface area contributed by atoms with Gasteiger partial charge < -0.3 is 0 Å². The van der Waals surface area contributed by atoms with Crippen LogP contribution in [0.4, 0.5) is 17.6 Å². The number of hydrogen-bond acceptors (Lipinski definition) is 1. The third-order valence-corrected chi connectivity index (χ3v) is 4.89. The Bertz CT molecular complexity index is 939. The molecule has 1 nitrogen and oxygen atoms in total. The molecular formula is C22H18ClF4N. The van der Waals surface area contributed by atoms with Crippen LogP contribution in [-0.4, -0.2) is 4.98 Å². The summed E-state index contributed by atoms with van der Waals surface area (Å²) in [6.07, 6.45) is -2.38. The van der Waals surface area contributed by atoms with E-state index < -0.39 is 23.0 Å². The van der Waals surface area contributed by atoms with Crippen molar-refractivity contribution in [3.8, 4) is 0 Å². The van der Waals surface area contributed by atoms with E-state index in [1.54, 1.807) is 12.1 Å². The molecule has 2 aromatic carbocycles. The first-order valence-corrected chi connectivity index (χ1v) is 9.06. The molecule has 0 saturated carbocycles. The van der Waals surface area contributed by atoms with Crippen molar-refractivity contribution in [3.05, 3.63) is 100 Å². The highest BCUT2D eigenvalue weighted by Gasteiger charge is 2.33. The summed E-state index contributed by atoms with van der Waals surface area (Å²) in [6, 6.07) is 15.7. The quantitative estimate of drug-likeness (QED) is 0.432. The first kappa shape index (κ1) is 20.3. The van der Waals surface area contributed by atoms with Crippen LogP contribution >= 0.6 is 11.6 Å². The van der Waals surface area contributed by atoms with Crippen molar-refractivity contribution < 1.29 is 17.6 Å². The smallest absolute Gasteiger partial charge is 0.259 e. The van der Waals surface area contributed by atoms with Crippen LogP contribution in [0.25, 0.3) is 0 Å². The van der Waals surface area contributed by atoms with Crippen molar-refractivity contribution in [2.45, 2.75) is 31.4 Å². The molecule has 0 aliphatic carbocycles. The van der Waals surface area contributed by atoms with E-state index in [0.717, 1.165) is 17.7 Å². The molecule has 0 bridgehead atoms. The highest BCUT2D eigenvalue weighted by molar-refractivity contribution is 6.30. The average Bonchev–Trinajstić information content (AvgIpc) is 2.61. The SMILES string of the molecule is C[C@](Cc1ccccc1)(Cc1cc(F)cc(C(F)(F)F)c1)c1ccc(Cl)cn1. The van der Waals surface area contributed by atoms with Gasteiger partial charge >= 0.3 is 6.18 Å². The van der Waals surface area contributed by atoms with Gasteiger partial charge in [-0.05, 0) is 54.3 Å². The summed E-state index contributed by atoms with van der Waals surface area (Å²) in [5.74, 6) is -0.907. The Morgan fingerprint density at radius 3 is 2.18 bits per heavy atom. The van der Waals surface area contributed by atoms with Gasteiger partial charge in [0, 0.05) is 17.3 Å². The summed E-state index contributed by atoms with van der Waals surface area (Å²) < 4.78 is 53.2. The molecule has 6 heteroatoms. The van der Waals surface area contributed by atoms with Gasteiger partial charge in [0.15, 0.2) is 0 Å². The van der Waals surface area contributed by atoms with E-state index in [4.69, 9.17) is 11.6 Å². The number of nitrogens with zero attached hydrogens (tertiary/aromatic N) is 1.